The Bertz CT molecular complexity index is 933. The summed E-state index contributed by atoms with van der Waals surface area (Å²) in [4.78, 5) is 8.07. The summed E-state index contributed by atoms with van der Waals surface area (Å²) in [5, 5.41) is 1.49. The lowest BCUT2D eigenvalue weighted by molar-refractivity contribution is 0.577. The fourth-order valence-corrected chi connectivity index (χ4v) is 5.88. The van der Waals surface area contributed by atoms with Crippen molar-refractivity contribution in [2.24, 2.45) is 0 Å². The molecule has 0 aliphatic heterocycles. The minimum Gasteiger partial charge on any atom is -0.241 e. The lowest BCUT2D eigenvalue weighted by Crippen LogP contribution is -2.11. The van der Waals surface area contributed by atoms with Crippen LogP contribution in [0.4, 0.5) is 0 Å². The molecule has 2 heterocycles. The molecule has 122 valence electrons. The van der Waals surface area contributed by atoms with Gasteiger partial charge in [-0.15, -0.1) is 11.3 Å². The molecular formula is C22H23NS. The number of pyridine rings is 1. The lowest BCUT2D eigenvalue weighted by atomic mass is 9.82. The Hall–Kier alpha value is -1.67. The summed E-state index contributed by atoms with van der Waals surface area (Å²) in [6.45, 7) is 4.53. The zero-order valence-corrected chi connectivity index (χ0v) is 15.3. The molecule has 2 aromatic heterocycles. The molecular weight excluding hydrogens is 310 g/mol. The Morgan fingerprint density at radius 1 is 1.00 bits per heavy atom. The number of rotatable bonds is 1. The van der Waals surface area contributed by atoms with Crippen LogP contribution in [0.25, 0.3) is 21.3 Å². The van der Waals surface area contributed by atoms with Crippen molar-refractivity contribution in [3.05, 3.63) is 51.5 Å². The standard InChI is InChI=1S/C22H23NS/c1-13-9-11-15(12-10-13)19-17-7-3-5-14(2)21(17)23-22-20(19)16-6-4-8-18(16)24-22/h9-12,14H,3-8H2,1-2H3/t14-/m0/s1. The molecule has 3 aromatic rings. The Morgan fingerprint density at radius 3 is 2.62 bits per heavy atom. The van der Waals surface area contributed by atoms with E-state index >= 15 is 0 Å². The van der Waals surface area contributed by atoms with Crippen LogP contribution in [0.5, 0.6) is 0 Å². The van der Waals surface area contributed by atoms with Crippen molar-refractivity contribution in [2.45, 2.75) is 58.3 Å². The predicted molar refractivity (Wildman–Crippen MR) is 103 cm³/mol. The normalized spacial score (nSPS) is 19.5. The van der Waals surface area contributed by atoms with Crippen molar-refractivity contribution in [1.82, 2.24) is 4.98 Å². The van der Waals surface area contributed by atoms with E-state index in [1.54, 1.807) is 10.4 Å². The highest BCUT2D eigenvalue weighted by Gasteiger charge is 2.28. The molecule has 2 aliphatic rings. The molecule has 2 heteroatoms. The van der Waals surface area contributed by atoms with Gasteiger partial charge in [-0.3, -0.25) is 0 Å². The molecule has 0 bridgehead atoms. The van der Waals surface area contributed by atoms with Crippen LogP contribution in [0.3, 0.4) is 0 Å². The minimum atomic E-state index is 0.597. The summed E-state index contributed by atoms with van der Waals surface area (Å²) >= 11 is 1.96. The minimum absolute atomic E-state index is 0.597. The molecule has 24 heavy (non-hydrogen) atoms. The Labute approximate surface area is 147 Å². The van der Waals surface area contributed by atoms with E-state index in [2.05, 4.69) is 38.1 Å². The van der Waals surface area contributed by atoms with Crippen LogP contribution in [0.15, 0.2) is 24.3 Å². The van der Waals surface area contributed by atoms with E-state index in [-0.39, 0.29) is 0 Å². The van der Waals surface area contributed by atoms with E-state index in [4.69, 9.17) is 4.98 Å². The molecule has 1 nitrogen and oxygen atoms in total. The molecule has 0 amide bonds. The van der Waals surface area contributed by atoms with Gasteiger partial charge in [0.1, 0.15) is 4.83 Å². The second-order valence-electron chi connectivity index (χ2n) is 7.55. The molecule has 0 fully saturated rings. The van der Waals surface area contributed by atoms with E-state index in [0.717, 1.165) is 0 Å². The first-order valence-electron chi connectivity index (χ1n) is 9.26. The first-order chi connectivity index (χ1) is 11.7. The number of benzene rings is 1. The highest BCUT2D eigenvalue weighted by molar-refractivity contribution is 7.19. The number of hydrogen-bond acceptors (Lipinski definition) is 2. The van der Waals surface area contributed by atoms with Crippen LogP contribution in [0.1, 0.15) is 59.4 Å². The van der Waals surface area contributed by atoms with E-state index in [0.29, 0.717) is 5.92 Å². The summed E-state index contributed by atoms with van der Waals surface area (Å²) < 4.78 is 0. The second-order valence-corrected chi connectivity index (χ2v) is 8.63. The first kappa shape index (κ1) is 14.7. The smallest absolute Gasteiger partial charge is 0.124 e. The van der Waals surface area contributed by atoms with Gasteiger partial charge < -0.3 is 0 Å². The Balaban J connectivity index is 1.89. The van der Waals surface area contributed by atoms with Crippen molar-refractivity contribution >= 4 is 21.6 Å². The summed E-state index contributed by atoms with van der Waals surface area (Å²) in [5.41, 5.74) is 8.77. The molecule has 5 rings (SSSR count). The third-order valence-corrected chi connectivity index (χ3v) is 7.04. The average molecular weight is 334 g/mol. The molecule has 0 radical (unpaired) electrons. The van der Waals surface area contributed by atoms with Crippen LogP contribution in [-0.4, -0.2) is 4.98 Å². The first-order valence-corrected chi connectivity index (χ1v) is 10.1. The van der Waals surface area contributed by atoms with E-state index in [9.17, 15) is 0 Å². The highest BCUT2D eigenvalue weighted by atomic mass is 32.1. The summed E-state index contributed by atoms with van der Waals surface area (Å²) in [7, 11) is 0. The van der Waals surface area contributed by atoms with Gasteiger partial charge in [-0.05, 0) is 73.6 Å². The molecule has 0 N–H and O–H groups in total. The maximum Gasteiger partial charge on any atom is 0.124 e. The monoisotopic (exact) mass is 333 g/mol. The molecule has 1 aromatic carbocycles. The number of nitrogens with zero attached hydrogens (tertiary/aromatic N) is 1. The summed E-state index contributed by atoms with van der Waals surface area (Å²) in [5.74, 6) is 0.597. The van der Waals surface area contributed by atoms with Gasteiger partial charge in [-0.2, -0.15) is 0 Å². The number of aryl methyl sites for hydroxylation is 3. The van der Waals surface area contributed by atoms with Gasteiger partial charge >= 0.3 is 0 Å². The van der Waals surface area contributed by atoms with E-state index in [1.165, 1.54) is 76.7 Å². The third kappa shape index (κ3) is 2.09. The van der Waals surface area contributed by atoms with Crippen LogP contribution < -0.4 is 0 Å². The number of thiophene rings is 1. The molecule has 0 saturated carbocycles. The number of fused-ring (bicyclic) bond motifs is 4. The molecule has 0 spiro atoms. The number of aromatic nitrogens is 1. The lowest BCUT2D eigenvalue weighted by Gasteiger charge is -2.25. The fraction of sp³-hybridized carbons (Fsp3) is 0.409. The van der Waals surface area contributed by atoms with Crippen LogP contribution in [-0.2, 0) is 19.3 Å². The summed E-state index contributed by atoms with van der Waals surface area (Å²) in [6.07, 6.45) is 7.58. The maximum atomic E-state index is 5.18. The summed E-state index contributed by atoms with van der Waals surface area (Å²) in [6, 6.07) is 9.16. The maximum absolute atomic E-state index is 5.18. The van der Waals surface area contributed by atoms with Crippen LogP contribution in [0.2, 0.25) is 0 Å². The fourth-order valence-electron chi connectivity index (χ4n) is 4.60. The van der Waals surface area contributed by atoms with Crippen molar-refractivity contribution in [2.75, 3.05) is 0 Å². The molecule has 1 atom stereocenters. The third-order valence-electron chi connectivity index (χ3n) is 5.86. The quantitative estimate of drug-likeness (QED) is 0.516. The topological polar surface area (TPSA) is 12.9 Å². The van der Waals surface area contributed by atoms with Gasteiger partial charge in [0.2, 0.25) is 0 Å². The van der Waals surface area contributed by atoms with Crippen LogP contribution in [0, 0.1) is 6.92 Å². The second kappa shape index (κ2) is 5.42. The molecule has 2 aliphatic carbocycles. The van der Waals surface area contributed by atoms with Crippen LogP contribution >= 0.6 is 11.3 Å². The molecule has 0 unspecified atom stereocenters. The van der Waals surface area contributed by atoms with Gasteiger partial charge in [-0.1, -0.05) is 36.8 Å². The van der Waals surface area contributed by atoms with E-state index < -0.39 is 0 Å². The van der Waals surface area contributed by atoms with Crippen molar-refractivity contribution in [3.63, 3.8) is 0 Å². The largest absolute Gasteiger partial charge is 0.241 e. The zero-order valence-electron chi connectivity index (χ0n) is 14.5. The Morgan fingerprint density at radius 2 is 1.79 bits per heavy atom. The van der Waals surface area contributed by atoms with Crippen molar-refractivity contribution in [1.29, 1.82) is 0 Å². The van der Waals surface area contributed by atoms with Crippen molar-refractivity contribution < 1.29 is 0 Å². The van der Waals surface area contributed by atoms with Gasteiger partial charge in [0.25, 0.3) is 0 Å². The average Bonchev–Trinajstić information content (AvgIpc) is 3.15. The van der Waals surface area contributed by atoms with Gasteiger partial charge in [0, 0.05) is 16.0 Å². The van der Waals surface area contributed by atoms with Gasteiger partial charge in [0.05, 0.1) is 0 Å². The highest BCUT2D eigenvalue weighted by Crippen LogP contribution is 2.46. The molecule has 0 saturated heterocycles. The Kier molecular flexibility index (Phi) is 3.31. The zero-order chi connectivity index (χ0) is 16.3. The van der Waals surface area contributed by atoms with E-state index in [1.807, 2.05) is 11.3 Å². The number of hydrogen-bond donors (Lipinski definition) is 0. The SMILES string of the molecule is Cc1ccc(-c2c3c(nc4sc5c(c24)CCC5)[C@@H](C)CCC3)cc1. The van der Waals surface area contributed by atoms with Gasteiger partial charge in [-0.25, -0.2) is 4.98 Å². The van der Waals surface area contributed by atoms with Crippen molar-refractivity contribution in [3.8, 4) is 11.1 Å². The van der Waals surface area contributed by atoms with Gasteiger partial charge in [0.15, 0.2) is 0 Å². The predicted octanol–water partition coefficient (Wildman–Crippen LogP) is 6.20.